The lowest BCUT2D eigenvalue weighted by atomic mass is 10.6. The van der Waals surface area contributed by atoms with Gasteiger partial charge in [-0.25, -0.2) is 13.4 Å². The molecule has 0 saturated carbocycles. The molecule has 0 atom stereocenters. The van der Waals surface area contributed by atoms with Crippen molar-refractivity contribution in [2.75, 3.05) is 16.4 Å². The summed E-state index contributed by atoms with van der Waals surface area (Å²) in [6.07, 6.45) is 1.98. The van der Waals surface area contributed by atoms with Crippen LogP contribution in [0, 0.1) is 0 Å². The molecular formula is C6H8BrClN2O2S2. The molecule has 0 aliphatic carbocycles. The average molecular weight is 320 g/mol. The molecule has 80 valence electrons. The zero-order chi connectivity index (χ0) is 10.6. The highest BCUT2D eigenvalue weighted by Crippen LogP contribution is 2.23. The van der Waals surface area contributed by atoms with Crippen molar-refractivity contribution >= 4 is 54.0 Å². The number of alkyl halides is 1. The molecule has 0 fully saturated rings. The Labute approximate surface area is 99.9 Å². The molecule has 4 nitrogen and oxygen atoms in total. The normalized spacial score (nSPS) is 11.6. The number of rotatable bonds is 5. The summed E-state index contributed by atoms with van der Waals surface area (Å²) in [6.45, 7) is 0. The molecule has 0 unspecified atom stereocenters. The van der Waals surface area contributed by atoms with Crippen molar-refractivity contribution in [1.82, 2.24) is 4.98 Å². The topological polar surface area (TPSA) is 59.1 Å². The summed E-state index contributed by atoms with van der Waals surface area (Å²) in [4.78, 5) is 3.86. The zero-order valence-corrected chi connectivity index (χ0v) is 11.0. The van der Waals surface area contributed by atoms with Crippen LogP contribution in [0.15, 0.2) is 9.98 Å². The minimum absolute atomic E-state index is 0.0215. The third kappa shape index (κ3) is 4.12. The molecule has 1 aromatic rings. The summed E-state index contributed by atoms with van der Waals surface area (Å²) >= 11 is 9.82. The van der Waals surface area contributed by atoms with Gasteiger partial charge in [-0.3, -0.25) is 4.72 Å². The van der Waals surface area contributed by atoms with Crippen LogP contribution in [0.2, 0.25) is 0 Å². The molecule has 14 heavy (non-hydrogen) atoms. The van der Waals surface area contributed by atoms with Crippen molar-refractivity contribution in [2.24, 2.45) is 0 Å². The van der Waals surface area contributed by atoms with Gasteiger partial charge in [-0.05, 0) is 22.4 Å². The SMILES string of the molecule is O=S(=O)(CCCCl)Nc1ncc(Br)s1. The minimum atomic E-state index is -3.29. The fraction of sp³-hybridized carbons (Fsp3) is 0.500. The van der Waals surface area contributed by atoms with Gasteiger partial charge in [0.2, 0.25) is 10.0 Å². The quantitative estimate of drug-likeness (QED) is 0.847. The van der Waals surface area contributed by atoms with E-state index in [1.54, 1.807) is 6.20 Å². The predicted molar refractivity (Wildman–Crippen MR) is 62.6 cm³/mol. The summed E-state index contributed by atoms with van der Waals surface area (Å²) in [5.74, 6) is 0.357. The van der Waals surface area contributed by atoms with E-state index in [0.717, 1.165) is 3.79 Å². The molecule has 0 aliphatic heterocycles. The van der Waals surface area contributed by atoms with Gasteiger partial charge in [-0.1, -0.05) is 11.3 Å². The third-order valence-electron chi connectivity index (χ3n) is 1.27. The van der Waals surface area contributed by atoms with Crippen molar-refractivity contribution in [3.63, 3.8) is 0 Å². The molecule has 1 heterocycles. The van der Waals surface area contributed by atoms with E-state index in [-0.39, 0.29) is 5.75 Å². The second-order valence-electron chi connectivity index (χ2n) is 2.43. The molecule has 0 amide bonds. The number of nitrogens with zero attached hydrogens (tertiary/aromatic N) is 1. The van der Waals surface area contributed by atoms with Crippen molar-refractivity contribution in [3.05, 3.63) is 9.98 Å². The lowest BCUT2D eigenvalue weighted by Gasteiger charge is -2.02. The van der Waals surface area contributed by atoms with Gasteiger partial charge < -0.3 is 0 Å². The van der Waals surface area contributed by atoms with E-state index >= 15 is 0 Å². The van der Waals surface area contributed by atoms with Crippen LogP contribution in [-0.2, 0) is 10.0 Å². The Kier molecular flexibility index (Phi) is 4.62. The van der Waals surface area contributed by atoms with Crippen molar-refractivity contribution < 1.29 is 8.42 Å². The summed E-state index contributed by atoms with van der Waals surface area (Å²) in [7, 11) is -3.29. The van der Waals surface area contributed by atoms with Crippen molar-refractivity contribution in [1.29, 1.82) is 0 Å². The minimum Gasteiger partial charge on any atom is -0.259 e. The molecule has 8 heteroatoms. The smallest absolute Gasteiger partial charge is 0.234 e. The molecule has 1 aromatic heterocycles. The van der Waals surface area contributed by atoms with E-state index < -0.39 is 10.0 Å². The molecule has 0 bridgehead atoms. The predicted octanol–water partition coefficient (Wildman–Crippen LogP) is 2.28. The molecular weight excluding hydrogens is 312 g/mol. The molecule has 0 aliphatic rings. The van der Waals surface area contributed by atoms with Crippen LogP contribution in [0.1, 0.15) is 6.42 Å². The Morgan fingerprint density at radius 2 is 2.36 bits per heavy atom. The molecule has 0 aromatic carbocycles. The average Bonchev–Trinajstić information content (AvgIpc) is 2.47. The molecule has 0 saturated heterocycles. The largest absolute Gasteiger partial charge is 0.259 e. The second kappa shape index (κ2) is 5.29. The standard InChI is InChI=1S/C6H8BrClN2O2S2/c7-5-4-9-6(13-5)10-14(11,12)3-1-2-8/h4H,1-3H2,(H,9,10). The maximum atomic E-state index is 11.3. The van der Waals surface area contributed by atoms with Crippen LogP contribution in [0.4, 0.5) is 5.13 Å². The highest BCUT2D eigenvalue weighted by atomic mass is 79.9. The van der Waals surface area contributed by atoms with Gasteiger partial charge in [0.1, 0.15) is 0 Å². The lowest BCUT2D eigenvalue weighted by molar-refractivity contribution is 0.600. The molecule has 1 N–H and O–H groups in total. The summed E-state index contributed by atoms with van der Waals surface area (Å²) in [6, 6.07) is 0. The van der Waals surface area contributed by atoms with E-state index in [4.69, 9.17) is 11.6 Å². The fourth-order valence-corrected chi connectivity index (χ4v) is 3.47. The van der Waals surface area contributed by atoms with Crippen LogP contribution >= 0.6 is 38.9 Å². The number of thiazole rings is 1. The van der Waals surface area contributed by atoms with E-state index in [9.17, 15) is 8.42 Å². The summed E-state index contributed by atoms with van der Waals surface area (Å²) < 4.78 is 25.8. The first-order valence-electron chi connectivity index (χ1n) is 3.71. The Balaban J connectivity index is 2.59. The Morgan fingerprint density at radius 3 is 2.86 bits per heavy atom. The van der Waals surface area contributed by atoms with E-state index in [1.807, 2.05) is 0 Å². The van der Waals surface area contributed by atoms with E-state index in [1.165, 1.54) is 11.3 Å². The van der Waals surface area contributed by atoms with Crippen LogP contribution < -0.4 is 4.72 Å². The van der Waals surface area contributed by atoms with Gasteiger partial charge in [0.25, 0.3) is 0 Å². The summed E-state index contributed by atoms with van der Waals surface area (Å²) in [5, 5.41) is 0.367. The number of halogens is 2. The van der Waals surface area contributed by atoms with Crippen LogP contribution in [0.5, 0.6) is 0 Å². The number of nitrogens with one attached hydrogen (secondary N) is 1. The van der Waals surface area contributed by atoms with Gasteiger partial charge in [0.05, 0.1) is 15.7 Å². The third-order valence-corrected chi connectivity index (χ3v) is 4.39. The van der Waals surface area contributed by atoms with Crippen LogP contribution in [-0.4, -0.2) is 25.0 Å². The Bertz CT molecular complexity index is 392. The number of hydrogen-bond donors (Lipinski definition) is 1. The van der Waals surface area contributed by atoms with Crippen molar-refractivity contribution in [3.8, 4) is 0 Å². The van der Waals surface area contributed by atoms with Crippen LogP contribution in [0.25, 0.3) is 0 Å². The molecule has 0 radical (unpaired) electrons. The maximum Gasteiger partial charge on any atom is 0.234 e. The fourth-order valence-electron chi connectivity index (χ4n) is 0.730. The number of hydrogen-bond acceptors (Lipinski definition) is 4. The van der Waals surface area contributed by atoms with Crippen molar-refractivity contribution in [2.45, 2.75) is 6.42 Å². The monoisotopic (exact) mass is 318 g/mol. The molecule has 1 rings (SSSR count). The summed E-state index contributed by atoms with van der Waals surface area (Å²) in [5.41, 5.74) is 0. The van der Waals surface area contributed by atoms with Gasteiger partial charge in [0.15, 0.2) is 5.13 Å². The first kappa shape index (κ1) is 12.2. The van der Waals surface area contributed by atoms with E-state index in [2.05, 4.69) is 25.6 Å². The number of anilines is 1. The highest BCUT2D eigenvalue weighted by Gasteiger charge is 2.11. The Morgan fingerprint density at radius 1 is 1.64 bits per heavy atom. The number of sulfonamides is 1. The van der Waals surface area contributed by atoms with Gasteiger partial charge >= 0.3 is 0 Å². The maximum absolute atomic E-state index is 11.3. The van der Waals surface area contributed by atoms with Gasteiger partial charge in [-0.2, -0.15) is 0 Å². The van der Waals surface area contributed by atoms with E-state index in [0.29, 0.717) is 17.4 Å². The highest BCUT2D eigenvalue weighted by molar-refractivity contribution is 9.11. The van der Waals surface area contributed by atoms with Gasteiger partial charge in [-0.15, -0.1) is 11.6 Å². The Hall–Kier alpha value is 0.150. The molecule has 0 spiro atoms. The first-order valence-corrected chi connectivity index (χ1v) is 7.51. The zero-order valence-electron chi connectivity index (χ0n) is 7.03. The van der Waals surface area contributed by atoms with Crippen LogP contribution in [0.3, 0.4) is 0 Å². The van der Waals surface area contributed by atoms with Gasteiger partial charge in [0, 0.05) is 5.88 Å². The first-order chi connectivity index (χ1) is 6.53. The lowest BCUT2D eigenvalue weighted by Crippen LogP contribution is -2.16. The second-order valence-corrected chi connectivity index (χ2v) is 7.06. The number of aromatic nitrogens is 1.